The highest BCUT2D eigenvalue weighted by molar-refractivity contribution is 7.47. The monoisotopic (exact) mass is 847 g/mol. The van der Waals surface area contributed by atoms with Crippen LogP contribution in [0.25, 0.3) is 0 Å². The van der Waals surface area contributed by atoms with Crippen LogP contribution in [-0.2, 0) is 32.7 Å². The molecule has 0 bridgehead atoms. The maximum absolute atomic E-state index is 12.7. The summed E-state index contributed by atoms with van der Waals surface area (Å²) in [6, 6.07) is 0. The molecule has 0 heterocycles. The fraction of sp³-hybridized carbons (Fsp3) is 0.625. The van der Waals surface area contributed by atoms with Crippen molar-refractivity contribution in [3.8, 4) is 0 Å². The SMILES string of the molecule is CCCCC/C=C\C=C/[C@H](O)C/C=C\C/C=C/CCCC(=O)O[C@H](COC(=O)CCC/C=C\C/C=C\C/C=C\C/C=C\CCCCC)COP(=O)(O)OCC[N+](C)(C)C. The van der Waals surface area contributed by atoms with Gasteiger partial charge in [0.15, 0.2) is 6.10 Å². The molecule has 0 aliphatic heterocycles. The summed E-state index contributed by atoms with van der Waals surface area (Å²) in [4.78, 5) is 35.3. The van der Waals surface area contributed by atoms with Crippen molar-refractivity contribution in [1.82, 2.24) is 0 Å². The number of carbonyl (C=O) groups excluding carboxylic acids is 2. The standard InChI is InChI=1S/C48H80NO9P/c1-6-8-10-12-14-15-16-17-18-19-20-21-22-23-27-31-35-39-47(51)55-43-46(44-57-59(53,54)56-42-41-49(3,4)5)58-48(52)40-36-32-28-24-26-30-34-38-45(50)37-33-29-25-13-11-9-7-2/h14-15,17-18,20-21,23-25,27-30,33-34,37,45-46,50H,6-13,16,19,22,26,31-32,35-36,38-44H2,1-5H3/p+1/b15-14-,18-17-,21-20-,27-23-,28-24+,29-25-,34-30-,37-33-/t45-,46+/m0/s1. The summed E-state index contributed by atoms with van der Waals surface area (Å²) in [5.74, 6) is -0.983. The van der Waals surface area contributed by atoms with E-state index in [1.165, 1.54) is 38.5 Å². The number of aliphatic hydroxyl groups excluding tert-OH is 1. The number of allylic oxidation sites excluding steroid dienone is 14. The van der Waals surface area contributed by atoms with E-state index in [1.54, 1.807) is 6.08 Å². The normalized spacial score (nSPS) is 15.0. The van der Waals surface area contributed by atoms with E-state index in [4.69, 9.17) is 18.5 Å². The molecule has 0 rings (SSSR count). The molecule has 0 spiro atoms. The molecule has 0 aromatic carbocycles. The minimum atomic E-state index is -4.43. The van der Waals surface area contributed by atoms with Crippen molar-refractivity contribution < 1.29 is 47.2 Å². The Morgan fingerprint density at radius 2 is 1.10 bits per heavy atom. The van der Waals surface area contributed by atoms with Crippen LogP contribution in [-0.4, -0.2) is 86.1 Å². The van der Waals surface area contributed by atoms with Crippen LogP contribution in [0, 0.1) is 0 Å². The second kappa shape index (κ2) is 39.1. The van der Waals surface area contributed by atoms with Crippen molar-refractivity contribution in [2.45, 2.75) is 148 Å². The predicted molar refractivity (Wildman–Crippen MR) is 244 cm³/mol. The van der Waals surface area contributed by atoms with E-state index in [0.717, 1.165) is 38.5 Å². The number of aliphatic hydroxyl groups is 1. The molecule has 59 heavy (non-hydrogen) atoms. The Labute approximate surface area is 358 Å². The summed E-state index contributed by atoms with van der Waals surface area (Å²) in [6.45, 7) is 4.11. The Balaban J connectivity index is 4.64. The molecule has 0 aromatic rings. The number of unbranched alkanes of at least 4 members (excludes halogenated alkanes) is 8. The van der Waals surface area contributed by atoms with E-state index in [2.05, 4.69) is 62.5 Å². The summed E-state index contributed by atoms with van der Waals surface area (Å²) in [5.41, 5.74) is 0. The van der Waals surface area contributed by atoms with E-state index in [-0.39, 0.29) is 26.1 Å². The molecule has 0 fully saturated rings. The lowest BCUT2D eigenvalue weighted by atomic mass is 10.2. The highest BCUT2D eigenvalue weighted by Gasteiger charge is 2.27. The fourth-order valence-corrected chi connectivity index (χ4v) is 5.88. The molecule has 10 nitrogen and oxygen atoms in total. The molecule has 0 radical (unpaired) electrons. The fourth-order valence-electron chi connectivity index (χ4n) is 5.14. The van der Waals surface area contributed by atoms with Crippen LogP contribution in [0.1, 0.15) is 136 Å². The van der Waals surface area contributed by atoms with E-state index >= 15 is 0 Å². The molecule has 2 N–H and O–H groups in total. The van der Waals surface area contributed by atoms with E-state index in [0.29, 0.717) is 43.1 Å². The summed E-state index contributed by atoms with van der Waals surface area (Å²) >= 11 is 0. The van der Waals surface area contributed by atoms with Gasteiger partial charge in [-0.3, -0.25) is 18.6 Å². The van der Waals surface area contributed by atoms with Crippen molar-refractivity contribution >= 4 is 19.8 Å². The van der Waals surface area contributed by atoms with Crippen molar-refractivity contribution in [3.63, 3.8) is 0 Å². The first-order valence-corrected chi connectivity index (χ1v) is 23.6. The molecule has 3 atom stereocenters. The van der Waals surface area contributed by atoms with Crippen LogP contribution in [0.2, 0.25) is 0 Å². The van der Waals surface area contributed by atoms with Gasteiger partial charge in [0, 0.05) is 12.8 Å². The number of rotatable bonds is 38. The number of carbonyl (C=O) groups is 2. The van der Waals surface area contributed by atoms with Crippen LogP contribution < -0.4 is 0 Å². The average Bonchev–Trinajstić information content (AvgIpc) is 3.18. The highest BCUT2D eigenvalue weighted by Crippen LogP contribution is 2.43. The molecular weight excluding hydrogens is 766 g/mol. The number of hydrogen-bond donors (Lipinski definition) is 2. The molecule has 11 heteroatoms. The first-order chi connectivity index (χ1) is 28.4. The largest absolute Gasteiger partial charge is 0.472 e. The van der Waals surface area contributed by atoms with Crippen molar-refractivity contribution in [2.75, 3.05) is 47.5 Å². The third kappa shape index (κ3) is 42.8. The lowest BCUT2D eigenvalue weighted by Gasteiger charge is -2.24. The van der Waals surface area contributed by atoms with Gasteiger partial charge in [0.05, 0.1) is 33.9 Å². The predicted octanol–water partition coefficient (Wildman–Crippen LogP) is 11.5. The zero-order valence-corrected chi connectivity index (χ0v) is 38.2. The maximum atomic E-state index is 12.7. The Morgan fingerprint density at radius 3 is 1.64 bits per heavy atom. The molecular formula is C48H81NO9P+. The molecule has 0 saturated carbocycles. The van der Waals surface area contributed by atoms with Crippen molar-refractivity contribution in [3.05, 3.63) is 97.2 Å². The van der Waals surface area contributed by atoms with Crippen molar-refractivity contribution in [2.24, 2.45) is 0 Å². The van der Waals surface area contributed by atoms with Gasteiger partial charge in [-0.1, -0.05) is 137 Å². The van der Waals surface area contributed by atoms with Gasteiger partial charge in [-0.25, -0.2) is 4.57 Å². The first kappa shape index (κ1) is 55.9. The minimum absolute atomic E-state index is 0.00408. The van der Waals surface area contributed by atoms with E-state index in [9.17, 15) is 24.2 Å². The zero-order valence-electron chi connectivity index (χ0n) is 37.3. The van der Waals surface area contributed by atoms with Crippen LogP contribution in [0.5, 0.6) is 0 Å². The van der Waals surface area contributed by atoms with Crippen LogP contribution in [0.15, 0.2) is 97.2 Å². The summed E-state index contributed by atoms with van der Waals surface area (Å²) in [7, 11) is 1.36. The second-order valence-electron chi connectivity index (χ2n) is 15.6. The Kier molecular flexibility index (Phi) is 37.0. The quantitative estimate of drug-likeness (QED) is 0.0156. The molecule has 0 saturated heterocycles. The minimum Gasteiger partial charge on any atom is -0.462 e. The molecule has 0 aromatic heterocycles. The topological polar surface area (TPSA) is 129 Å². The van der Waals surface area contributed by atoms with Crippen molar-refractivity contribution in [1.29, 1.82) is 0 Å². The molecule has 0 aliphatic rings. The Morgan fingerprint density at radius 1 is 0.610 bits per heavy atom. The van der Waals surface area contributed by atoms with E-state index in [1.807, 2.05) is 63.7 Å². The maximum Gasteiger partial charge on any atom is 0.472 e. The van der Waals surface area contributed by atoms with Gasteiger partial charge in [-0.2, -0.15) is 0 Å². The van der Waals surface area contributed by atoms with Gasteiger partial charge in [-0.05, 0) is 83.5 Å². The van der Waals surface area contributed by atoms with Gasteiger partial charge >= 0.3 is 19.8 Å². The van der Waals surface area contributed by atoms with Gasteiger partial charge in [0.2, 0.25) is 0 Å². The number of phosphoric ester groups is 1. The number of hydrogen-bond acceptors (Lipinski definition) is 8. The summed E-state index contributed by atoms with van der Waals surface area (Å²) in [6.07, 6.45) is 47.8. The Bertz CT molecular complexity index is 1340. The number of esters is 2. The second-order valence-corrected chi connectivity index (χ2v) is 17.0. The smallest absolute Gasteiger partial charge is 0.462 e. The molecule has 1 unspecified atom stereocenters. The molecule has 336 valence electrons. The van der Waals surface area contributed by atoms with Crippen LogP contribution in [0.3, 0.4) is 0 Å². The summed E-state index contributed by atoms with van der Waals surface area (Å²) in [5, 5.41) is 10.1. The molecule has 0 aliphatic carbocycles. The average molecular weight is 847 g/mol. The lowest BCUT2D eigenvalue weighted by Crippen LogP contribution is -2.37. The Hall–Kier alpha value is -3.11. The van der Waals surface area contributed by atoms with E-state index < -0.39 is 38.6 Å². The van der Waals surface area contributed by atoms with Crippen LogP contribution in [0.4, 0.5) is 0 Å². The number of phosphoric acid groups is 1. The van der Waals surface area contributed by atoms with Gasteiger partial charge in [0.25, 0.3) is 0 Å². The highest BCUT2D eigenvalue weighted by atomic mass is 31.2. The first-order valence-electron chi connectivity index (χ1n) is 22.1. The number of ether oxygens (including phenoxy) is 2. The van der Waals surface area contributed by atoms with Gasteiger partial charge in [-0.15, -0.1) is 0 Å². The van der Waals surface area contributed by atoms with Gasteiger partial charge < -0.3 is 24.0 Å². The molecule has 0 amide bonds. The van der Waals surface area contributed by atoms with Gasteiger partial charge in [0.1, 0.15) is 19.8 Å². The summed E-state index contributed by atoms with van der Waals surface area (Å²) < 4.78 is 34.1. The zero-order chi connectivity index (χ0) is 43.7. The lowest BCUT2D eigenvalue weighted by molar-refractivity contribution is -0.870. The number of quaternary nitrogens is 1. The number of nitrogens with zero attached hydrogens (tertiary/aromatic N) is 1. The third-order valence-electron chi connectivity index (χ3n) is 8.67. The van der Waals surface area contributed by atoms with Crippen LogP contribution >= 0.6 is 7.82 Å². The third-order valence-corrected chi connectivity index (χ3v) is 9.65. The number of likely N-dealkylation sites (N-methyl/N-ethyl adjacent to an activating group) is 1.